The lowest BCUT2D eigenvalue weighted by molar-refractivity contribution is 1.18. The molecule has 8 aromatic carbocycles. The first kappa shape index (κ1) is 31.7. The summed E-state index contributed by atoms with van der Waals surface area (Å²) in [5.41, 5.74) is 11.9. The highest BCUT2D eigenvalue weighted by molar-refractivity contribution is 7.99. The molecule has 0 aliphatic rings. The molecule has 0 unspecified atom stereocenters. The summed E-state index contributed by atoms with van der Waals surface area (Å²) >= 11 is 1.69. The third-order valence-electron chi connectivity index (χ3n) is 10.2. The molecule has 2 heterocycles. The van der Waals surface area contributed by atoms with Crippen LogP contribution in [0.25, 0.3) is 66.1 Å². The lowest BCUT2D eigenvalue weighted by Gasteiger charge is -2.16. The van der Waals surface area contributed by atoms with E-state index in [1.54, 1.807) is 11.8 Å². The van der Waals surface area contributed by atoms with Crippen LogP contribution in [0, 0.1) is 11.3 Å². The molecule has 2 aromatic heterocycles. The quantitative estimate of drug-likeness (QED) is 0.179. The maximum Gasteiger partial charge on any atom is 0.0991 e. The summed E-state index contributed by atoms with van der Waals surface area (Å²) in [6.45, 7) is 0. The fraction of sp³-hybridized carbons (Fsp3) is 0. The topological polar surface area (TPSA) is 45.7 Å². The van der Waals surface area contributed by atoms with Crippen LogP contribution in [0.15, 0.2) is 198 Å². The molecule has 1 N–H and O–H groups in total. The van der Waals surface area contributed by atoms with Crippen molar-refractivity contribution >= 4 is 66.7 Å². The Hall–Kier alpha value is -7.00. The number of para-hydroxylation sites is 4. The van der Waals surface area contributed by atoms with Crippen molar-refractivity contribution < 1.29 is 0 Å². The predicted molar refractivity (Wildman–Crippen MR) is 226 cm³/mol. The van der Waals surface area contributed by atoms with Gasteiger partial charge in [-0.25, -0.2) is 0 Å². The molecule has 0 saturated carbocycles. The number of hydrogen-bond donors (Lipinski definition) is 1. The monoisotopic (exact) mass is 708 g/mol. The minimum absolute atomic E-state index is 0.665. The van der Waals surface area contributed by atoms with Crippen LogP contribution in [0.2, 0.25) is 0 Å². The van der Waals surface area contributed by atoms with E-state index in [2.05, 4.69) is 184 Å². The average Bonchev–Trinajstić information content (AvgIpc) is 3.75. The van der Waals surface area contributed by atoms with Gasteiger partial charge < -0.3 is 14.5 Å². The molecule has 0 aliphatic carbocycles. The third kappa shape index (κ3) is 5.40. The number of nitrogens with zero attached hydrogens (tertiary/aromatic N) is 3. The van der Waals surface area contributed by atoms with Gasteiger partial charge in [0.2, 0.25) is 0 Å². The van der Waals surface area contributed by atoms with Gasteiger partial charge in [0.15, 0.2) is 0 Å². The van der Waals surface area contributed by atoms with E-state index in [9.17, 15) is 5.26 Å². The molecule has 0 saturated heterocycles. The first-order chi connectivity index (χ1) is 26.7. The summed E-state index contributed by atoms with van der Waals surface area (Å²) < 4.78 is 4.75. The number of rotatable bonds is 7. The summed E-state index contributed by atoms with van der Waals surface area (Å²) in [5.74, 6) is 0. The van der Waals surface area contributed by atoms with Crippen molar-refractivity contribution in [3.05, 3.63) is 194 Å². The SMILES string of the molecule is N#Cc1ccc(Sc2ccc(Nc3cc4c(cc3-c3cccc5c3c3ccccc3n5-c3ccccc3)c3ccccc3n4-c3ccccc3)cc2)cc1. The van der Waals surface area contributed by atoms with Crippen LogP contribution in [0.3, 0.4) is 0 Å². The predicted octanol–water partition coefficient (Wildman–Crippen LogP) is 13.3. The maximum absolute atomic E-state index is 9.21. The highest BCUT2D eigenvalue weighted by atomic mass is 32.2. The van der Waals surface area contributed by atoms with E-state index in [-0.39, 0.29) is 0 Å². The number of nitriles is 1. The van der Waals surface area contributed by atoms with Crippen molar-refractivity contribution in [2.45, 2.75) is 9.79 Å². The summed E-state index contributed by atoms with van der Waals surface area (Å²) in [5, 5.41) is 17.9. The van der Waals surface area contributed by atoms with Gasteiger partial charge in [0, 0.05) is 59.6 Å². The molecule has 0 atom stereocenters. The number of fused-ring (bicyclic) bond motifs is 6. The Morgan fingerprint density at radius 1 is 0.444 bits per heavy atom. The largest absolute Gasteiger partial charge is 0.355 e. The molecule has 5 heteroatoms. The van der Waals surface area contributed by atoms with Crippen molar-refractivity contribution in [1.29, 1.82) is 5.26 Å². The van der Waals surface area contributed by atoms with Crippen molar-refractivity contribution in [2.24, 2.45) is 0 Å². The molecule has 4 nitrogen and oxygen atoms in total. The van der Waals surface area contributed by atoms with E-state index in [4.69, 9.17) is 0 Å². The fourth-order valence-electron chi connectivity index (χ4n) is 7.79. The van der Waals surface area contributed by atoms with Gasteiger partial charge in [-0.05, 0) is 109 Å². The van der Waals surface area contributed by atoms with E-state index in [0.717, 1.165) is 43.6 Å². The maximum atomic E-state index is 9.21. The standard InChI is InChI=1S/C49H32N4S/c50-32-33-22-26-37(27-23-33)54-38-28-24-34(25-29-38)51-44-31-48-43(39-16-7-9-19-45(39)53(48)36-14-5-2-6-15-36)30-42(44)40-18-11-21-47-49(40)41-17-8-10-20-46(41)52(47)35-12-3-1-4-13-35/h1-31,51H. The third-order valence-corrected chi connectivity index (χ3v) is 11.2. The first-order valence-electron chi connectivity index (χ1n) is 18.0. The first-order valence-corrected chi connectivity index (χ1v) is 18.8. The van der Waals surface area contributed by atoms with Gasteiger partial charge in [0.1, 0.15) is 0 Å². The zero-order valence-electron chi connectivity index (χ0n) is 29.1. The van der Waals surface area contributed by atoms with Crippen LogP contribution in [-0.2, 0) is 0 Å². The smallest absolute Gasteiger partial charge is 0.0991 e. The Balaban J connectivity index is 1.19. The molecule has 0 aliphatic heterocycles. The van der Waals surface area contributed by atoms with E-state index < -0.39 is 0 Å². The second kappa shape index (κ2) is 13.2. The highest BCUT2D eigenvalue weighted by Gasteiger charge is 2.21. The second-order valence-electron chi connectivity index (χ2n) is 13.4. The van der Waals surface area contributed by atoms with Crippen LogP contribution in [-0.4, -0.2) is 9.13 Å². The van der Waals surface area contributed by atoms with E-state index >= 15 is 0 Å². The van der Waals surface area contributed by atoms with Crippen LogP contribution in [0.1, 0.15) is 5.56 Å². The number of hydrogen-bond acceptors (Lipinski definition) is 3. The molecule has 0 bridgehead atoms. The molecule has 10 rings (SSSR count). The molecule has 254 valence electrons. The van der Waals surface area contributed by atoms with Gasteiger partial charge in [0.05, 0.1) is 33.7 Å². The average molecular weight is 709 g/mol. The molecular formula is C49H32N4S. The molecule has 0 fully saturated rings. The van der Waals surface area contributed by atoms with E-state index in [1.807, 2.05) is 24.3 Å². The Labute approximate surface area is 317 Å². The Morgan fingerprint density at radius 3 is 1.67 bits per heavy atom. The summed E-state index contributed by atoms with van der Waals surface area (Å²) in [6.07, 6.45) is 0. The second-order valence-corrected chi connectivity index (χ2v) is 14.5. The van der Waals surface area contributed by atoms with Crippen molar-refractivity contribution in [3.63, 3.8) is 0 Å². The fourth-order valence-corrected chi connectivity index (χ4v) is 8.61. The zero-order chi connectivity index (χ0) is 36.0. The lowest BCUT2D eigenvalue weighted by atomic mass is 9.96. The van der Waals surface area contributed by atoms with Crippen LogP contribution in [0.5, 0.6) is 0 Å². The number of nitrogens with one attached hydrogen (secondary N) is 1. The lowest BCUT2D eigenvalue weighted by Crippen LogP contribution is -1.97. The van der Waals surface area contributed by atoms with Gasteiger partial charge in [-0.15, -0.1) is 0 Å². The number of anilines is 2. The minimum atomic E-state index is 0.665. The van der Waals surface area contributed by atoms with Gasteiger partial charge >= 0.3 is 0 Å². The molecular weight excluding hydrogens is 677 g/mol. The minimum Gasteiger partial charge on any atom is -0.355 e. The zero-order valence-corrected chi connectivity index (χ0v) is 30.0. The van der Waals surface area contributed by atoms with Crippen LogP contribution < -0.4 is 5.32 Å². The van der Waals surface area contributed by atoms with Crippen molar-refractivity contribution in [1.82, 2.24) is 9.13 Å². The Morgan fingerprint density at radius 2 is 1.00 bits per heavy atom. The van der Waals surface area contributed by atoms with Gasteiger partial charge in [0.25, 0.3) is 0 Å². The van der Waals surface area contributed by atoms with Crippen molar-refractivity contribution in [2.75, 3.05) is 5.32 Å². The van der Waals surface area contributed by atoms with Gasteiger partial charge in [-0.3, -0.25) is 0 Å². The summed E-state index contributed by atoms with van der Waals surface area (Å²) in [7, 11) is 0. The molecule has 0 spiro atoms. The normalized spacial score (nSPS) is 11.4. The molecule has 54 heavy (non-hydrogen) atoms. The van der Waals surface area contributed by atoms with E-state index in [0.29, 0.717) is 5.56 Å². The van der Waals surface area contributed by atoms with Gasteiger partial charge in [-0.2, -0.15) is 5.26 Å². The molecule has 0 radical (unpaired) electrons. The van der Waals surface area contributed by atoms with Crippen LogP contribution in [0.4, 0.5) is 11.4 Å². The van der Waals surface area contributed by atoms with Gasteiger partial charge in [-0.1, -0.05) is 96.7 Å². The Kier molecular flexibility index (Phi) is 7.75. The number of aromatic nitrogens is 2. The van der Waals surface area contributed by atoms with E-state index in [1.165, 1.54) is 43.7 Å². The van der Waals surface area contributed by atoms with Crippen LogP contribution >= 0.6 is 11.8 Å². The summed E-state index contributed by atoms with van der Waals surface area (Å²) in [6, 6.07) is 68.6. The van der Waals surface area contributed by atoms with Crippen molar-refractivity contribution in [3.8, 4) is 28.6 Å². The Bertz CT molecular complexity index is 3030. The molecule has 10 aromatic rings. The number of benzene rings is 8. The summed E-state index contributed by atoms with van der Waals surface area (Å²) in [4.78, 5) is 2.22. The molecule has 0 amide bonds. The highest BCUT2D eigenvalue weighted by Crippen LogP contribution is 2.45.